The van der Waals surface area contributed by atoms with Gasteiger partial charge in [-0.2, -0.15) is 0 Å². The number of carbonyl (C=O) groups is 1. The average molecular weight is 316 g/mol. The maximum atomic E-state index is 10.5. The van der Waals surface area contributed by atoms with E-state index in [1.807, 2.05) is 31.3 Å². The highest BCUT2D eigenvalue weighted by atomic mass is 32.2. The fourth-order valence-corrected chi connectivity index (χ4v) is 2.33. The molecule has 0 radical (unpaired) electrons. The molecule has 0 bridgehead atoms. The van der Waals surface area contributed by atoms with Crippen LogP contribution in [-0.2, 0) is 4.79 Å². The number of benzene rings is 1. The fraction of sp³-hybridized carbons (Fsp3) is 0.267. The molecule has 1 heterocycles. The minimum absolute atomic E-state index is 0.0481. The van der Waals surface area contributed by atoms with E-state index in [9.17, 15) is 4.79 Å². The number of hydrogen-bond acceptors (Lipinski definition) is 5. The maximum absolute atomic E-state index is 10.5. The van der Waals surface area contributed by atoms with Crippen LogP contribution in [0.25, 0.3) is 11.4 Å². The van der Waals surface area contributed by atoms with Crippen molar-refractivity contribution in [2.24, 2.45) is 0 Å². The Bertz CT molecular complexity index is 676. The van der Waals surface area contributed by atoms with Gasteiger partial charge in [0.2, 0.25) is 0 Å². The number of nitrogens with zero attached hydrogens (tertiary/aromatic N) is 3. The van der Waals surface area contributed by atoms with Crippen molar-refractivity contribution in [1.82, 2.24) is 15.2 Å². The molecule has 114 valence electrons. The van der Waals surface area contributed by atoms with Crippen molar-refractivity contribution in [1.29, 1.82) is 0 Å². The molecule has 0 saturated carbocycles. The number of hydrogen-bond donors (Lipinski definition) is 2. The molecule has 0 unspecified atom stereocenters. The maximum Gasteiger partial charge on any atom is 0.313 e. The number of thioether (sulfide) groups is 1. The number of aromatic amines is 1. The number of terminal acetylenes is 1. The number of aromatic nitrogens is 3. The lowest BCUT2D eigenvalue weighted by molar-refractivity contribution is -0.133. The Morgan fingerprint density at radius 1 is 1.41 bits per heavy atom. The van der Waals surface area contributed by atoms with Crippen molar-refractivity contribution < 1.29 is 9.90 Å². The Morgan fingerprint density at radius 3 is 2.77 bits per heavy atom. The lowest BCUT2D eigenvalue weighted by Crippen LogP contribution is -2.17. The highest BCUT2D eigenvalue weighted by molar-refractivity contribution is 7.99. The van der Waals surface area contributed by atoms with Crippen LogP contribution in [-0.4, -0.2) is 45.6 Å². The molecular formula is C15H16N4O2S. The molecule has 0 amide bonds. The molecule has 22 heavy (non-hydrogen) atoms. The summed E-state index contributed by atoms with van der Waals surface area (Å²) < 4.78 is 0. The molecule has 0 aliphatic rings. The fourth-order valence-electron chi connectivity index (χ4n) is 1.81. The molecule has 0 atom stereocenters. The first-order valence-electron chi connectivity index (χ1n) is 6.62. The lowest BCUT2D eigenvalue weighted by Gasteiger charge is -2.17. The first kappa shape index (κ1) is 15.9. The molecule has 1 aromatic carbocycles. The van der Waals surface area contributed by atoms with E-state index in [1.54, 1.807) is 0 Å². The van der Waals surface area contributed by atoms with Gasteiger partial charge in [0.05, 0.1) is 5.75 Å². The quantitative estimate of drug-likeness (QED) is 0.601. The molecule has 0 saturated heterocycles. The van der Waals surface area contributed by atoms with Crippen molar-refractivity contribution in [2.75, 3.05) is 24.2 Å². The zero-order valence-electron chi connectivity index (χ0n) is 12.1. The molecule has 6 nitrogen and oxygen atoms in total. The standard InChI is InChI=1S/C15H16N4O2S/c1-3-4-9-19(2)12-7-5-11(6-8-12)14-16-15(18-17-14)22-10-13(20)21/h1,5-8H,4,9-10H2,2H3,(H,20,21)(H,16,17,18). The molecule has 0 fully saturated rings. The zero-order valence-corrected chi connectivity index (χ0v) is 12.9. The van der Waals surface area contributed by atoms with Gasteiger partial charge in [0.1, 0.15) is 0 Å². The van der Waals surface area contributed by atoms with Gasteiger partial charge >= 0.3 is 5.97 Å². The highest BCUT2D eigenvalue weighted by Gasteiger charge is 2.08. The molecule has 2 aromatic rings. The van der Waals surface area contributed by atoms with Gasteiger partial charge in [0.15, 0.2) is 11.0 Å². The number of carboxylic acid groups (broad SMARTS) is 1. The van der Waals surface area contributed by atoms with Gasteiger partial charge in [0, 0.05) is 31.3 Å². The Morgan fingerprint density at radius 2 is 2.14 bits per heavy atom. The van der Waals surface area contributed by atoms with E-state index in [0.717, 1.165) is 29.6 Å². The number of aliphatic carboxylic acids is 1. The average Bonchev–Trinajstić information content (AvgIpc) is 2.99. The summed E-state index contributed by atoms with van der Waals surface area (Å²) in [6.07, 6.45) is 5.96. The number of anilines is 1. The molecule has 0 spiro atoms. The summed E-state index contributed by atoms with van der Waals surface area (Å²) in [5, 5.41) is 17.1. The minimum atomic E-state index is -0.887. The number of nitrogens with one attached hydrogen (secondary N) is 1. The van der Waals surface area contributed by atoms with Crippen LogP contribution in [0.2, 0.25) is 0 Å². The summed E-state index contributed by atoms with van der Waals surface area (Å²) in [6, 6.07) is 7.85. The second-order valence-corrected chi connectivity index (χ2v) is 5.55. The first-order chi connectivity index (χ1) is 10.6. The van der Waals surface area contributed by atoms with Crippen LogP contribution in [0.1, 0.15) is 6.42 Å². The second kappa shape index (κ2) is 7.52. The van der Waals surface area contributed by atoms with Crippen LogP contribution >= 0.6 is 11.8 Å². The topological polar surface area (TPSA) is 82.1 Å². The largest absolute Gasteiger partial charge is 0.481 e. The van der Waals surface area contributed by atoms with Gasteiger partial charge in [-0.3, -0.25) is 4.79 Å². The number of H-pyrrole nitrogens is 1. The molecule has 0 aliphatic heterocycles. The summed E-state index contributed by atoms with van der Waals surface area (Å²) in [6.45, 7) is 0.800. The molecule has 1 aromatic heterocycles. The van der Waals surface area contributed by atoms with Gasteiger partial charge in [-0.25, -0.2) is 0 Å². The van der Waals surface area contributed by atoms with Crippen molar-refractivity contribution in [2.45, 2.75) is 11.6 Å². The van der Waals surface area contributed by atoms with E-state index >= 15 is 0 Å². The van der Waals surface area contributed by atoms with Crippen molar-refractivity contribution >= 4 is 23.4 Å². The Hall–Kier alpha value is -2.46. The minimum Gasteiger partial charge on any atom is -0.481 e. The molecule has 0 aliphatic carbocycles. The Labute approximate surface area is 132 Å². The third kappa shape index (κ3) is 4.27. The van der Waals surface area contributed by atoms with Gasteiger partial charge in [-0.1, -0.05) is 11.8 Å². The summed E-state index contributed by atoms with van der Waals surface area (Å²) in [5.41, 5.74) is 1.96. The van der Waals surface area contributed by atoms with Crippen LogP contribution in [0, 0.1) is 12.3 Å². The SMILES string of the molecule is C#CCCN(C)c1ccc(-c2nnc(SCC(=O)O)[nH]2)cc1. The van der Waals surface area contributed by atoms with Crippen molar-refractivity contribution in [3.63, 3.8) is 0 Å². The van der Waals surface area contributed by atoms with Crippen molar-refractivity contribution in [3.05, 3.63) is 24.3 Å². The zero-order chi connectivity index (χ0) is 15.9. The van der Waals surface area contributed by atoms with Crippen LogP contribution in [0.5, 0.6) is 0 Å². The molecule has 7 heteroatoms. The molecule has 2 rings (SSSR count). The van der Waals surface area contributed by atoms with E-state index in [0.29, 0.717) is 17.4 Å². The predicted molar refractivity (Wildman–Crippen MR) is 86.9 cm³/mol. The second-order valence-electron chi connectivity index (χ2n) is 4.58. The molecular weight excluding hydrogens is 300 g/mol. The number of rotatable bonds is 7. The van der Waals surface area contributed by atoms with E-state index in [4.69, 9.17) is 11.5 Å². The first-order valence-corrected chi connectivity index (χ1v) is 7.61. The van der Waals surface area contributed by atoms with E-state index in [1.165, 1.54) is 0 Å². The lowest BCUT2D eigenvalue weighted by atomic mass is 10.2. The van der Waals surface area contributed by atoms with Crippen LogP contribution in [0.3, 0.4) is 0 Å². The normalized spacial score (nSPS) is 10.2. The summed E-state index contributed by atoms with van der Waals surface area (Å²) in [4.78, 5) is 15.6. The summed E-state index contributed by atoms with van der Waals surface area (Å²) >= 11 is 1.11. The molecule has 2 N–H and O–H groups in total. The van der Waals surface area contributed by atoms with E-state index in [2.05, 4.69) is 26.0 Å². The third-order valence-electron chi connectivity index (χ3n) is 2.97. The van der Waals surface area contributed by atoms with Crippen LogP contribution in [0.15, 0.2) is 29.4 Å². The highest BCUT2D eigenvalue weighted by Crippen LogP contribution is 2.22. The van der Waals surface area contributed by atoms with Crippen molar-refractivity contribution in [3.8, 4) is 23.7 Å². The van der Waals surface area contributed by atoms with Crippen LogP contribution in [0.4, 0.5) is 5.69 Å². The summed E-state index contributed by atoms with van der Waals surface area (Å²) in [7, 11) is 1.99. The van der Waals surface area contributed by atoms with Gasteiger partial charge < -0.3 is 15.0 Å². The predicted octanol–water partition coefficient (Wildman–Crippen LogP) is 2.11. The summed E-state index contributed by atoms with van der Waals surface area (Å²) in [5.74, 6) is 2.30. The van der Waals surface area contributed by atoms with Gasteiger partial charge in [-0.15, -0.1) is 22.5 Å². The van der Waals surface area contributed by atoms with E-state index in [-0.39, 0.29) is 5.75 Å². The monoisotopic (exact) mass is 316 g/mol. The smallest absolute Gasteiger partial charge is 0.313 e. The van der Waals surface area contributed by atoms with Gasteiger partial charge in [-0.05, 0) is 24.3 Å². The Kier molecular flexibility index (Phi) is 5.44. The third-order valence-corrected chi connectivity index (χ3v) is 3.82. The number of carboxylic acids is 1. The van der Waals surface area contributed by atoms with Gasteiger partial charge in [0.25, 0.3) is 0 Å². The van der Waals surface area contributed by atoms with E-state index < -0.39 is 5.97 Å². The van der Waals surface area contributed by atoms with Crippen LogP contribution < -0.4 is 4.90 Å². The Balaban J connectivity index is 2.04.